The minimum Gasteiger partial charge on any atom is -0.497 e. The summed E-state index contributed by atoms with van der Waals surface area (Å²) in [5, 5.41) is 0. The average Bonchev–Trinajstić information content (AvgIpc) is 3.10. The van der Waals surface area contributed by atoms with E-state index in [2.05, 4.69) is 28.0 Å². The predicted molar refractivity (Wildman–Crippen MR) is 95.8 cm³/mol. The lowest BCUT2D eigenvalue weighted by molar-refractivity contribution is -0.136. The van der Waals surface area contributed by atoms with E-state index < -0.39 is 0 Å². The summed E-state index contributed by atoms with van der Waals surface area (Å²) in [6.07, 6.45) is 2.93. The molecule has 4 saturated heterocycles. The van der Waals surface area contributed by atoms with E-state index in [9.17, 15) is 4.79 Å². The lowest BCUT2D eigenvalue weighted by Gasteiger charge is -2.51. The number of carbonyl (C=O) groups excluding carboxylic acids is 1. The van der Waals surface area contributed by atoms with Crippen molar-refractivity contribution >= 4 is 5.91 Å². The van der Waals surface area contributed by atoms with Crippen molar-refractivity contribution in [2.75, 3.05) is 40.5 Å². The van der Waals surface area contributed by atoms with Gasteiger partial charge < -0.3 is 14.4 Å². The summed E-state index contributed by atoms with van der Waals surface area (Å²) in [4.78, 5) is 17.6. The van der Waals surface area contributed by atoms with Crippen molar-refractivity contribution in [3.8, 4) is 5.75 Å². The molecule has 0 spiro atoms. The fourth-order valence-electron chi connectivity index (χ4n) is 5.20. The molecule has 1 amide bonds. The van der Waals surface area contributed by atoms with Gasteiger partial charge in [-0.15, -0.1) is 0 Å². The normalized spacial score (nSPS) is 33.4. The largest absolute Gasteiger partial charge is 0.497 e. The zero-order valence-corrected chi connectivity index (χ0v) is 15.2. The van der Waals surface area contributed by atoms with Crippen LogP contribution in [-0.2, 0) is 9.53 Å². The number of carbonyl (C=O) groups is 1. The molecule has 2 bridgehead atoms. The van der Waals surface area contributed by atoms with E-state index in [-0.39, 0.29) is 5.91 Å². The third kappa shape index (κ3) is 2.93. The van der Waals surface area contributed by atoms with E-state index in [1.165, 1.54) is 31.5 Å². The van der Waals surface area contributed by atoms with Crippen molar-refractivity contribution < 1.29 is 14.3 Å². The van der Waals surface area contributed by atoms with E-state index in [1.807, 2.05) is 6.07 Å². The Labute approximate surface area is 149 Å². The molecule has 4 fully saturated rings. The maximum atomic E-state index is 12.8. The molecule has 5 rings (SSSR count). The highest BCUT2D eigenvalue weighted by Crippen LogP contribution is 2.47. The van der Waals surface area contributed by atoms with E-state index >= 15 is 0 Å². The maximum absolute atomic E-state index is 12.8. The van der Waals surface area contributed by atoms with Crippen molar-refractivity contribution in [2.24, 2.45) is 5.92 Å². The minimum absolute atomic E-state index is 0.246. The van der Waals surface area contributed by atoms with E-state index in [4.69, 9.17) is 9.47 Å². The maximum Gasteiger partial charge on any atom is 0.225 e. The topological polar surface area (TPSA) is 42.0 Å². The first kappa shape index (κ1) is 16.9. The molecule has 0 aromatic heterocycles. The van der Waals surface area contributed by atoms with E-state index in [1.54, 1.807) is 14.2 Å². The van der Waals surface area contributed by atoms with Crippen LogP contribution in [-0.4, -0.2) is 68.3 Å². The lowest BCUT2D eigenvalue weighted by Crippen LogP contribution is -2.60. The second-order valence-electron chi connectivity index (χ2n) is 7.53. The molecule has 5 heteroatoms. The second-order valence-corrected chi connectivity index (χ2v) is 7.53. The van der Waals surface area contributed by atoms with Crippen LogP contribution < -0.4 is 4.74 Å². The first-order valence-corrected chi connectivity index (χ1v) is 9.39. The molecular formula is C20H28N2O3. The Kier molecular flexibility index (Phi) is 4.69. The third-order valence-electron chi connectivity index (χ3n) is 6.36. The molecular weight excluding hydrogens is 316 g/mol. The Morgan fingerprint density at radius 1 is 1.20 bits per heavy atom. The van der Waals surface area contributed by atoms with Crippen LogP contribution in [0.15, 0.2) is 24.3 Å². The molecule has 4 aliphatic heterocycles. The zero-order valence-electron chi connectivity index (χ0n) is 15.2. The fraction of sp³-hybridized carbons (Fsp3) is 0.650. The zero-order chi connectivity index (χ0) is 17.4. The van der Waals surface area contributed by atoms with Gasteiger partial charge in [0.1, 0.15) is 5.75 Å². The molecule has 1 aromatic carbocycles. The van der Waals surface area contributed by atoms with E-state index in [0.29, 0.717) is 36.9 Å². The van der Waals surface area contributed by atoms with Gasteiger partial charge in [0.15, 0.2) is 0 Å². The van der Waals surface area contributed by atoms with Gasteiger partial charge in [0.25, 0.3) is 0 Å². The SMILES string of the molecule is COCCC(=O)N1C[C@@H](c2cccc(OC)c2)[C@@H]2[C@H]1C1CCN2CC1. The number of amides is 1. The van der Waals surface area contributed by atoms with Crippen LogP contribution in [0.5, 0.6) is 5.75 Å². The fourth-order valence-corrected chi connectivity index (χ4v) is 5.20. The quantitative estimate of drug-likeness (QED) is 0.821. The molecule has 0 N–H and O–H groups in total. The summed E-state index contributed by atoms with van der Waals surface area (Å²) >= 11 is 0. The van der Waals surface area contributed by atoms with Gasteiger partial charge in [-0.25, -0.2) is 0 Å². The van der Waals surface area contributed by atoms with Crippen molar-refractivity contribution in [3.63, 3.8) is 0 Å². The van der Waals surface area contributed by atoms with Gasteiger partial charge in [-0.3, -0.25) is 9.69 Å². The van der Waals surface area contributed by atoms with Crippen molar-refractivity contribution in [2.45, 2.75) is 37.3 Å². The highest BCUT2D eigenvalue weighted by molar-refractivity contribution is 5.77. The molecule has 0 aliphatic carbocycles. The van der Waals surface area contributed by atoms with Crippen LogP contribution in [0.2, 0.25) is 0 Å². The van der Waals surface area contributed by atoms with Gasteiger partial charge in [0.05, 0.1) is 26.2 Å². The van der Waals surface area contributed by atoms with Crippen molar-refractivity contribution in [1.82, 2.24) is 9.80 Å². The number of fused-ring (bicyclic) bond motifs is 2. The molecule has 3 atom stereocenters. The number of methoxy groups -OCH3 is 2. The number of ether oxygens (including phenoxy) is 2. The number of likely N-dealkylation sites (tertiary alicyclic amines) is 1. The molecule has 0 unspecified atom stereocenters. The molecule has 136 valence electrons. The summed E-state index contributed by atoms with van der Waals surface area (Å²) in [5.74, 6) is 2.16. The van der Waals surface area contributed by atoms with Gasteiger partial charge in [0, 0.05) is 25.6 Å². The first-order chi connectivity index (χ1) is 12.2. The third-order valence-corrected chi connectivity index (χ3v) is 6.36. The second kappa shape index (κ2) is 6.96. The average molecular weight is 344 g/mol. The smallest absolute Gasteiger partial charge is 0.225 e. The van der Waals surface area contributed by atoms with Gasteiger partial charge in [-0.1, -0.05) is 12.1 Å². The highest BCUT2D eigenvalue weighted by atomic mass is 16.5. The molecule has 4 heterocycles. The molecule has 0 saturated carbocycles. The van der Waals surface area contributed by atoms with Gasteiger partial charge >= 0.3 is 0 Å². The van der Waals surface area contributed by atoms with Crippen LogP contribution in [0.25, 0.3) is 0 Å². The van der Waals surface area contributed by atoms with Crippen LogP contribution in [0.1, 0.15) is 30.7 Å². The predicted octanol–water partition coefficient (Wildman–Crippen LogP) is 2.12. The van der Waals surface area contributed by atoms with Crippen molar-refractivity contribution in [1.29, 1.82) is 0 Å². The Morgan fingerprint density at radius 3 is 2.72 bits per heavy atom. The lowest BCUT2D eigenvalue weighted by atomic mass is 9.75. The number of nitrogens with zero attached hydrogens (tertiary/aromatic N) is 2. The van der Waals surface area contributed by atoms with Crippen LogP contribution in [0, 0.1) is 5.92 Å². The Balaban J connectivity index is 1.64. The summed E-state index contributed by atoms with van der Waals surface area (Å²) in [5.41, 5.74) is 1.30. The van der Waals surface area contributed by atoms with Gasteiger partial charge in [-0.05, 0) is 49.5 Å². The highest BCUT2D eigenvalue weighted by Gasteiger charge is 2.54. The number of benzene rings is 1. The molecule has 1 aromatic rings. The summed E-state index contributed by atoms with van der Waals surface area (Å²) in [7, 11) is 3.37. The number of rotatable bonds is 5. The molecule has 5 nitrogen and oxygen atoms in total. The number of hydrogen-bond acceptors (Lipinski definition) is 4. The number of hydrogen-bond donors (Lipinski definition) is 0. The van der Waals surface area contributed by atoms with Crippen molar-refractivity contribution in [3.05, 3.63) is 29.8 Å². The first-order valence-electron chi connectivity index (χ1n) is 9.39. The summed E-state index contributed by atoms with van der Waals surface area (Å²) in [6.45, 7) is 3.67. The van der Waals surface area contributed by atoms with E-state index in [0.717, 1.165) is 12.3 Å². The van der Waals surface area contributed by atoms with Gasteiger partial charge in [-0.2, -0.15) is 0 Å². The number of piperidine rings is 3. The minimum atomic E-state index is 0.246. The van der Waals surface area contributed by atoms with Gasteiger partial charge in [0.2, 0.25) is 5.91 Å². The Bertz CT molecular complexity index is 627. The summed E-state index contributed by atoms with van der Waals surface area (Å²) < 4.78 is 10.6. The summed E-state index contributed by atoms with van der Waals surface area (Å²) in [6, 6.07) is 9.21. The standard InChI is InChI=1S/C20H28N2O3/c1-24-11-8-18(23)22-13-17(15-4-3-5-16(12-15)25-2)20-19(22)14-6-9-21(20)10-7-14/h3-5,12,14,17,19-20H,6-11,13H2,1-2H3/t17-,19+,20+/m0/s1. The monoisotopic (exact) mass is 344 g/mol. The Hall–Kier alpha value is -1.59. The van der Waals surface area contributed by atoms with Crippen LogP contribution in [0.3, 0.4) is 0 Å². The van der Waals surface area contributed by atoms with Crippen LogP contribution in [0.4, 0.5) is 0 Å². The van der Waals surface area contributed by atoms with Crippen LogP contribution >= 0.6 is 0 Å². The molecule has 4 aliphatic rings. The Morgan fingerprint density at radius 2 is 2.00 bits per heavy atom. The molecule has 25 heavy (non-hydrogen) atoms. The molecule has 0 radical (unpaired) electrons.